The average molecular weight is 232 g/mol. The number of carbonyl (C=O) groups is 1. The van der Waals surface area contributed by atoms with E-state index in [1.807, 2.05) is 20.1 Å². The van der Waals surface area contributed by atoms with Crippen LogP contribution in [0.25, 0.3) is 0 Å². The Bertz CT molecular complexity index is 193. The molecule has 0 aliphatic rings. The highest BCUT2D eigenvalue weighted by Gasteiger charge is 2.30. The summed E-state index contributed by atoms with van der Waals surface area (Å²) in [6.45, 7) is 5.99. The van der Waals surface area contributed by atoms with Crippen molar-refractivity contribution in [2.45, 2.75) is 51.6 Å². The second-order valence-electron chi connectivity index (χ2n) is 3.90. The largest absolute Gasteiger partial charge is 0.351 e. The lowest BCUT2D eigenvalue weighted by atomic mass is 9.93. The molecule has 0 bridgehead atoms. The predicted molar refractivity (Wildman–Crippen MR) is 68.1 cm³/mol. The van der Waals surface area contributed by atoms with Crippen molar-refractivity contribution in [1.82, 2.24) is 5.32 Å². The first-order valence-electron chi connectivity index (χ1n) is 5.62. The van der Waals surface area contributed by atoms with Gasteiger partial charge in [0.15, 0.2) is 0 Å². The summed E-state index contributed by atoms with van der Waals surface area (Å²) in [7, 11) is 0. The fourth-order valence-corrected chi connectivity index (χ4v) is 2.08. The summed E-state index contributed by atoms with van der Waals surface area (Å²) in [4.78, 5) is 11.9. The molecule has 0 saturated carbocycles. The smallest absolute Gasteiger partial charge is 0.240 e. The minimum absolute atomic E-state index is 0.00611. The van der Waals surface area contributed by atoms with Gasteiger partial charge in [0.05, 0.1) is 5.54 Å². The van der Waals surface area contributed by atoms with Gasteiger partial charge in [-0.05, 0) is 25.5 Å². The summed E-state index contributed by atoms with van der Waals surface area (Å²) < 4.78 is 0. The SMILES string of the molecule is CCC(CSC)NC(=O)C(N)(CC)CC. The molecular weight excluding hydrogens is 208 g/mol. The zero-order valence-electron chi connectivity index (χ0n) is 10.3. The molecule has 0 aromatic rings. The zero-order chi connectivity index (χ0) is 11.9. The molecule has 0 spiro atoms. The van der Waals surface area contributed by atoms with Crippen LogP contribution in [0.5, 0.6) is 0 Å². The van der Waals surface area contributed by atoms with E-state index in [-0.39, 0.29) is 11.9 Å². The number of amides is 1. The Labute approximate surface area is 97.6 Å². The van der Waals surface area contributed by atoms with E-state index < -0.39 is 5.54 Å². The predicted octanol–water partition coefficient (Wildman–Crippen LogP) is 1.76. The number of rotatable bonds is 7. The summed E-state index contributed by atoms with van der Waals surface area (Å²) in [5, 5.41) is 3.03. The summed E-state index contributed by atoms with van der Waals surface area (Å²) in [5.41, 5.74) is 5.33. The fourth-order valence-electron chi connectivity index (χ4n) is 1.36. The van der Waals surface area contributed by atoms with Crippen molar-refractivity contribution in [1.29, 1.82) is 0 Å². The van der Waals surface area contributed by atoms with Gasteiger partial charge in [-0.15, -0.1) is 0 Å². The van der Waals surface area contributed by atoms with Gasteiger partial charge in [0.25, 0.3) is 0 Å². The number of carbonyl (C=O) groups excluding carboxylic acids is 1. The standard InChI is InChI=1S/C11H24N2OS/c1-5-9(8-15-4)13-10(14)11(12,6-2)7-3/h9H,5-8,12H2,1-4H3,(H,13,14). The van der Waals surface area contributed by atoms with Crippen LogP contribution in [0.2, 0.25) is 0 Å². The van der Waals surface area contributed by atoms with Gasteiger partial charge in [0, 0.05) is 11.8 Å². The van der Waals surface area contributed by atoms with Crippen molar-refractivity contribution >= 4 is 17.7 Å². The lowest BCUT2D eigenvalue weighted by Gasteiger charge is -2.28. The lowest BCUT2D eigenvalue weighted by molar-refractivity contribution is -0.127. The van der Waals surface area contributed by atoms with Crippen LogP contribution in [-0.2, 0) is 4.79 Å². The Morgan fingerprint density at radius 3 is 2.27 bits per heavy atom. The summed E-state index contributed by atoms with van der Waals surface area (Å²) in [6.07, 6.45) is 4.37. The highest BCUT2D eigenvalue weighted by Crippen LogP contribution is 2.12. The van der Waals surface area contributed by atoms with E-state index in [0.717, 1.165) is 12.2 Å². The molecule has 4 heteroatoms. The third kappa shape index (κ3) is 4.43. The first-order chi connectivity index (χ1) is 7.03. The van der Waals surface area contributed by atoms with Crippen LogP contribution in [0.15, 0.2) is 0 Å². The van der Waals surface area contributed by atoms with Crippen molar-refractivity contribution in [2.24, 2.45) is 5.73 Å². The maximum Gasteiger partial charge on any atom is 0.240 e. The number of thioether (sulfide) groups is 1. The second kappa shape index (κ2) is 7.12. The molecule has 3 N–H and O–H groups in total. The van der Waals surface area contributed by atoms with E-state index in [9.17, 15) is 4.79 Å². The normalized spacial score (nSPS) is 13.7. The van der Waals surface area contributed by atoms with Crippen molar-refractivity contribution in [3.8, 4) is 0 Å². The van der Waals surface area contributed by atoms with E-state index in [4.69, 9.17) is 5.73 Å². The van der Waals surface area contributed by atoms with Gasteiger partial charge in [-0.3, -0.25) is 4.79 Å². The first kappa shape index (κ1) is 14.8. The minimum Gasteiger partial charge on any atom is -0.351 e. The van der Waals surface area contributed by atoms with Crippen LogP contribution < -0.4 is 11.1 Å². The van der Waals surface area contributed by atoms with Gasteiger partial charge in [0.1, 0.15) is 0 Å². The molecule has 0 saturated heterocycles. The molecule has 0 aliphatic heterocycles. The molecule has 0 aromatic heterocycles. The minimum atomic E-state index is -0.689. The summed E-state index contributed by atoms with van der Waals surface area (Å²) in [6, 6.07) is 0.244. The summed E-state index contributed by atoms with van der Waals surface area (Å²) in [5.74, 6) is 0.944. The Hall–Kier alpha value is -0.220. The number of nitrogens with two attached hydrogens (primary N) is 1. The van der Waals surface area contributed by atoms with Gasteiger partial charge in [-0.25, -0.2) is 0 Å². The molecule has 1 amide bonds. The maximum absolute atomic E-state index is 11.9. The Kier molecular flexibility index (Phi) is 7.02. The number of hydrogen-bond acceptors (Lipinski definition) is 3. The van der Waals surface area contributed by atoms with Crippen LogP contribution in [0.1, 0.15) is 40.0 Å². The van der Waals surface area contributed by atoms with E-state index >= 15 is 0 Å². The quantitative estimate of drug-likeness (QED) is 0.703. The van der Waals surface area contributed by atoms with Crippen molar-refractivity contribution in [3.63, 3.8) is 0 Å². The first-order valence-corrected chi connectivity index (χ1v) is 7.02. The number of nitrogens with one attached hydrogen (secondary N) is 1. The van der Waals surface area contributed by atoms with Gasteiger partial charge in [-0.1, -0.05) is 20.8 Å². The summed E-state index contributed by atoms with van der Waals surface area (Å²) >= 11 is 1.75. The monoisotopic (exact) mass is 232 g/mol. The fraction of sp³-hybridized carbons (Fsp3) is 0.909. The van der Waals surface area contributed by atoms with Crippen molar-refractivity contribution in [3.05, 3.63) is 0 Å². The molecular formula is C11H24N2OS. The molecule has 0 rings (SSSR count). The molecule has 0 heterocycles. The highest BCUT2D eigenvalue weighted by atomic mass is 32.2. The topological polar surface area (TPSA) is 55.1 Å². The van der Waals surface area contributed by atoms with E-state index in [1.165, 1.54) is 0 Å². The molecule has 1 unspecified atom stereocenters. The zero-order valence-corrected chi connectivity index (χ0v) is 11.1. The molecule has 0 aromatic carbocycles. The van der Waals surface area contributed by atoms with E-state index in [1.54, 1.807) is 11.8 Å². The highest BCUT2D eigenvalue weighted by molar-refractivity contribution is 7.98. The third-order valence-electron chi connectivity index (χ3n) is 2.91. The Balaban J connectivity index is 4.31. The van der Waals surface area contributed by atoms with E-state index in [2.05, 4.69) is 12.2 Å². The van der Waals surface area contributed by atoms with Crippen LogP contribution in [-0.4, -0.2) is 29.5 Å². The molecule has 15 heavy (non-hydrogen) atoms. The molecule has 0 fully saturated rings. The van der Waals surface area contributed by atoms with E-state index in [0.29, 0.717) is 12.8 Å². The average Bonchev–Trinajstić information content (AvgIpc) is 2.27. The van der Waals surface area contributed by atoms with Crippen molar-refractivity contribution in [2.75, 3.05) is 12.0 Å². The van der Waals surface area contributed by atoms with Gasteiger partial charge >= 0.3 is 0 Å². The van der Waals surface area contributed by atoms with Gasteiger partial charge < -0.3 is 11.1 Å². The van der Waals surface area contributed by atoms with Crippen LogP contribution in [0.4, 0.5) is 0 Å². The molecule has 3 nitrogen and oxygen atoms in total. The molecule has 90 valence electrons. The van der Waals surface area contributed by atoms with Gasteiger partial charge in [-0.2, -0.15) is 11.8 Å². The van der Waals surface area contributed by atoms with Crippen LogP contribution >= 0.6 is 11.8 Å². The Morgan fingerprint density at radius 2 is 1.93 bits per heavy atom. The van der Waals surface area contributed by atoms with Crippen molar-refractivity contribution < 1.29 is 4.79 Å². The number of hydrogen-bond donors (Lipinski definition) is 2. The molecule has 1 atom stereocenters. The van der Waals surface area contributed by atoms with Crippen LogP contribution in [0, 0.1) is 0 Å². The van der Waals surface area contributed by atoms with Crippen LogP contribution in [0.3, 0.4) is 0 Å². The van der Waals surface area contributed by atoms with Gasteiger partial charge in [0.2, 0.25) is 5.91 Å². The molecule has 0 radical (unpaired) electrons. The Morgan fingerprint density at radius 1 is 1.40 bits per heavy atom. The lowest BCUT2D eigenvalue weighted by Crippen LogP contribution is -2.55. The molecule has 0 aliphatic carbocycles. The maximum atomic E-state index is 11.9. The third-order valence-corrected chi connectivity index (χ3v) is 3.65. The second-order valence-corrected chi connectivity index (χ2v) is 4.81.